The molecule has 0 radical (unpaired) electrons. The molecule has 0 aliphatic carbocycles. The molecule has 8 N–H and O–H groups in total. The number of nitrogens with two attached hydrogens (primary N) is 4. The van der Waals surface area contributed by atoms with E-state index in [2.05, 4.69) is 20.4 Å². The second-order valence-electron chi connectivity index (χ2n) is 36.0. The molecule has 3 saturated heterocycles. The average Bonchev–Trinajstić information content (AvgIpc) is 1.62. The van der Waals surface area contributed by atoms with Gasteiger partial charge in [0.15, 0.2) is 57.5 Å². The van der Waals surface area contributed by atoms with Crippen LogP contribution in [0.3, 0.4) is 0 Å². The Labute approximate surface area is 829 Å². The predicted octanol–water partition coefficient (Wildman–Crippen LogP) is 12.9. The van der Waals surface area contributed by atoms with E-state index in [4.69, 9.17) is 41.9 Å². The van der Waals surface area contributed by atoms with Gasteiger partial charge >= 0.3 is 0 Å². The summed E-state index contributed by atoms with van der Waals surface area (Å²) in [5, 5.41) is 17.3. The van der Waals surface area contributed by atoms with E-state index in [0.717, 1.165) is 53.1 Å². The maximum atomic E-state index is 14.8. The molecule has 13 aromatic rings. The minimum absolute atomic E-state index is 0.00799. The SMILES string of the molecule is CC(C)Oc1ccc(-n2nc(C(N)=O)c3c2C(=O)N(c2ccc(N4CCCC4=O)cc2)CC3)cc1F.CCOc1ccc(-n2nc(C(N)=O)c3c2C(=O)N(c2ccc(N4CCCC4=O)c(C)c2)CC3)cc1.CCOc1ccc(-n2nc(C(N)=O)c3c2C(=O)N(c2ccc(N4CCCC4=O)c(C)c2)CC3)cc1F.Cc1cccn(-c2ccc(N3CCc4c(C(N)=O)nn(-c5ccc(OC(C)C)c(F)c5)c4C3=O)cc2)c1=O. The molecule has 0 saturated carbocycles. The predicted molar refractivity (Wildman–Crippen MR) is 534 cm³/mol. The van der Waals surface area contributed by atoms with Crippen molar-refractivity contribution in [1.82, 2.24) is 43.7 Å². The van der Waals surface area contributed by atoms with Gasteiger partial charge in [-0.3, -0.25) is 62.1 Å². The van der Waals surface area contributed by atoms with Crippen LogP contribution in [-0.4, -0.2) is 180 Å². The minimum Gasteiger partial charge on any atom is -0.494 e. The van der Waals surface area contributed by atoms with Crippen molar-refractivity contribution in [2.45, 2.75) is 139 Å². The number of primary amides is 4. The van der Waals surface area contributed by atoms with Gasteiger partial charge in [-0.2, -0.15) is 20.4 Å². The molecule has 0 atom stereocenters. The molecule has 7 aliphatic rings. The third kappa shape index (κ3) is 19.8. The van der Waals surface area contributed by atoms with Crippen LogP contribution in [0, 0.1) is 38.2 Å². The van der Waals surface area contributed by atoms with Crippen LogP contribution < -0.4 is 81.7 Å². The summed E-state index contributed by atoms with van der Waals surface area (Å²) in [5.41, 5.74) is 34.5. The van der Waals surface area contributed by atoms with E-state index in [9.17, 15) is 70.7 Å². The number of ether oxygens (including phenoxy) is 4. The highest BCUT2D eigenvalue weighted by Gasteiger charge is 2.42. The van der Waals surface area contributed by atoms with Gasteiger partial charge in [-0.15, -0.1) is 0 Å². The van der Waals surface area contributed by atoms with Crippen molar-refractivity contribution in [2.24, 2.45) is 22.9 Å². The van der Waals surface area contributed by atoms with E-state index < -0.39 is 47.0 Å². The summed E-state index contributed by atoms with van der Waals surface area (Å²) in [6.45, 7) is 20.6. The van der Waals surface area contributed by atoms with Gasteiger partial charge < -0.3 is 76.2 Å². The highest BCUT2D eigenvalue weighted by molar-refractivity contribution is 6.14. The molecular formula is C106H105F3N20O16. The van der Waals surface area contributed by atoms with Gasteiger partial charge in [-0.05, 0) is 270 Å². The zero-order chi connectivity index (χ0) is 103. The van der Waals surface area contributed by atoms with Gasteiger partial charge in [-0.25, -0.2) is 31.9 Å². The van der Waals surface area contributed by atoms with E-state index in [-0.39, 0.29) is 134 Å². The Bertz CT molecular complexity index is 7450. The van der Waals surface area contributed by atoms with E-state index in [1.54, 1.807) is 173 Å². The molecule has 12 heterocycles. The second-order valence-corrected chi connectivity index (χ2v) is 36.0. The Morgan fingerprint density at radius 1 is 0.331 bits per heavy atom. The number of hydrogen-bond donors (Lipinski definition) is 4. The number of halogens is 3. The molecule has 36 nitrogen and oxygen atoms in total. The van der Waals surface area contributed by atoms with E-state index >= 15 is 0 Å². The zero-order valence-electron chi connectivity index (χ0n) is 81.0. The molecule has 20 rings (SSSR count). The lowest BCUT2D eigenvalue weighted by atomic mass is 10.0. The van der Waals surface area contributed by atoms with Gasteiger partial charge in [0.2, 0.25) is 17.7 Å². The molecule has 3 fully saturated rings. The van der Waals surface area contributed by atoms with Crippen LogP contribution in [0.4, 0.5) is 53.0 Å². The summed E-state index contributed by atoms with van der Waals surface area (Å²) >= 11 is 0. The number of amides is 11. The molecule has 11 amide bonds. The van der Waals surface area contributed by atoms with Crippen molar-refractivity contribution in [1.29, 1.82) is 0 Å². The van der Waals surface area contributed by atoms with Crippen molar-refractivity contribution in [2.75, 3.05) is 93.3 Å². The Morgan fingerprint density at radius 2 is 0.634 bits per heavy atom. The molecule has 0 unspecified atom stereocenters. The number of benzene rings is 8. The first-order chi connectivity index (χ1) is 69.6. The van der Waals surface area contributed by atoms with E-state index in [1.807, 2.05) is 69.3 Å². The number of rotatable bonds is 24. The molecule has 0 spiro atoms. The number of fused-ring (bicyclic) bond motifs is 4. The van der Waals surface area contributed by atoms with Crippen LogP contribution in [-0.2, 0) is 40.1 Å². The fourth-order valence-corrected chi connectivity index (χ4v) is 19.0. The smallest absolute Gasteiger partial charge is 0.277 e. The van der Waals surface area contributed by atoms with Crippen molar-refractivity contribution in [3.05, 3.63) is 294 Å². The fraction of sp³-hybridized carbons (Fsp3) is 0.283. The Morgan fingerprint density at radius 3 is 0.952 bits per heavy atom. The van der Waals surface area contributed by atoms with Crippen LogP contribution in [0.5, 0.6) is 23.0 Å². The molecule has 8 aromatic carbocycles. The summed E-state index contributed by atoms with van der Waals surface area (Å²) in [6.07, 6.45) is 6.86. The lowest BCUT2D eigenvalue weighted by Crippen LogP contribution is -2.39. The third-order valence-corrected chi connectivity index (χ3v) is 25.7. The van der Waals surface area contributed by atoms with Gasteiger partial charge in [0.1, 0.15) is 28.5 Å². The van der Waals surface area contributed by atoms with Gasteiger partial charge in [0.05, 0.1) is 48.2 Å². The van der Waals surface area contributed by atoms with E-state index in [0.29, 0.717) is 165 Å². The maximum absolute atomic E-state index is 14.8. The molecule has 7 aliphatic heterocycles. The van der Waals surface area contributed by atoms with Crippen LogP contribution in [0.1, 0.15) is 203 Å². The first kappa shape index (κ1) is 99.3. The lowest BCUT2D eigenvalue weighted by Gasteiger charge is -2.29. The van der Waals surface area contributed by atoms with Crippen molar-refractivity contribution >= 4 is 105 Å². The summed E-state index contributed by atoms with van der Waals surface area (Å²) < 4.78 is 72.7. The monoisotopic (exact) mass is 1970 g/mol. The van der Waals surface area contributed by atoms with Gasteiger partial charge in [0, 0.05) is 163 Å². The van der Waals surface area contributed by atoms with Crippen molar-refractivity contribution < 1.29 is 84.9 Å². The average molecular weight is 1970 g/mol. The topological polar surface area (TPSA) is 445 Å². The lowest BCUT2D eigenvalue weighted by molar-refractivity contribution is -0.117. The Balaban J connectivity index is 0.000000132. The molecule has 39 heteroatoms. The highest BCUT2D eigenvalue weighted by atomic mass is 19.1. The molecule has 145 heavy (non-hydrogen) atoms. The molecule has 0 bridgehead atoms. The number of aromatic nitrogens is 9. The summed E-state index contributed by atoms with van der Waals surface area (Å²) in [6, 6.07) is 48.9. The Kier molecular flexibility index (Phi) is 28.4. The third-order valence-electron chi connectivity index (χ3n) is 25.7. The molecular weight excluding hydrogens is 1870 g/mol. The first-order valence-corrected chi connectivity index (χ1v) is 47.6. The number of nitrogens with zero attached hydrogens (tertiary/aromatic N) is 16. The van der Waals surface area contributed by atoms with E-state index in [1.165, 1.54) is 59.7 Å². The first-order valence-electron chi connectivity index (χ1n) is 47.6. The van der Waals surface area contributed by atoms with Crippen molar-refractivity contribution in [3.8, 4) is 51.4 Å². The normalized spacial score (nSPS) is 14.9. The number of anilines is 7. The summed E-state index contributed by atoms with van der Waals surface area (Å²) in [5.74, 6) is -4.99. The Hall–Kier alpha value is -17.3. The fourth-order valence-electron chi connectivity index (χ4n) is 19.0. The van der Waals surface area contributed by atoms with Crippen LogP contribution >= 0.6 is 0 Å². The van der Waals surface area contributed by atoms with Crippen molar-refractivity contribution in [3.63, 3.8) is 0 Å². The number of hydrogen-bond acceptors (Lipinski definition) is 20. The zero-order valence-corrected chi connectivity index (χ0v) is 81.0. The minimum atomic E-state index is -0.769. The molecule has 746 valence electrons. The van der Waals surface area contributed by atoms with Crippen LogP contribution in [0.15, 0.2) is 187 Å². The number of pyridine rings is 1. The summed E-state index contributed by atoms with van der Waals surface area (Å²) in [4.78, 5) is 164. The molecule has 5 aromatic heterocycles. The quantitative estimate of drug-likeness (QED) is 0.0436. The van der Waals surface area contributed by atoms with Gasteiger partial charge in [-0.1, -0.05) is 6.07 Å². The number of aryl methyl sites for hydroxylation is 3. The summed E-state index contributed by atoms with van der Waals surface area (Å²) in [7, 11) is 0. The van der Waals surface area contributed by atoms with Gasteiger partial charge in [0.25, 0.3) is 52.8 Å². The second kappa shape index (κ2) is 41.5. The number of carbonyl (C=O) groups is 11. The maximum Gasteiger partial charge on any atom is 0.277 e. The number of carbonyl (C=O) groups excluding carboxylic acids is 11. The van der Waals surface area contributed by atoms with Crippen LogP contribution in [0.2, 0.25) is 0 Å². The highest BCUT2D eigenvalue weighted by Crippen LogP contribution is 2.40. The standard InChI is InChI=1S/C28H26FN5O4.2C26H26FN5O4.C26H27N5O4/c1-16(2)38-23-11-10-20(15-22(23)29)34-25-21(24(31-34)26(30)35)12-14-33(28(25)37)19-8-6-18(7-9-19)32-13-4-5-17(3)27(32)36;1-15(2)36-21-10-9-18(14-20(21)27)32-24-19(23(29-32)25(28)34)11-13-31(26(24)35)17-7-5-16(6-8-17)30-12-3-4-22(30)33;1-3-36-21-9-7-17(14-19(21)27)32-24-18(23(29-32)25(28)34)10-12-30(26(24)35)16-6-8-20(15(2)13-16)31-11-4-5-22(31)33;1-3-35-19-9-6-17(7-10-19)31-24-20(23(28-31)25(27)33)12-14-29(26(24)34)18-8-11-21(16(2)15-18)30-13-4-5-22(30)32/h4-11,13,15-16H,12,14H2,1-3H3,(H2,30,35);5-10,14-15H,3-4,11-13H2,1-2H3,(H2,28,34);6-9,13-14H,3-5,10-12H2,1-2H3,(H2,28,34);6-11,15H,3-5,12-14H2,1-2H3,(H2,27,33). The largest absolute Gasteiger partial charge is 0.494 e. The van der Waals surface area contributed by atoms with Crippen LogP contribution in [0.25, 0.3) is 28.4 Å².